The lowest BCUT2D eigenvalue weighted by Gasteiger charge is -2.27. The van der Waals surface area contributed by atoms with Gasteiger partial charge in [0.1, 0.15) is 6.17 Å². The van der Waals surface area contributed by atoms with Crippen LogP contribution in [0.3, 0.4) is 0 Å². The molecule has 136 valence electrons. The molecule has 0 bridgehead atoms. The lowest BCUT2D eigenvalue weighted by atomic mass is 9.86. The summed E-state index contributed by atoms with van der Waals surface area (Å²) < 4.78 is 1.45. The highest BCUT2D eigenvalue weighted by atomic mass is 32.1. The maximum absolute atomic E-state index is 3.70. The minimum Gasteiger partial charge on any atom is -0.371 e. The zero-order valence-electron chi connectivity index (χ0n) is 16.7. The van der Waals surface area contributed by atoms with Crippen LogP contribution >= 0.6 is 11.3 Å². The number of benzene rings is 1. The second kappa shape index (κ2) is 6.44. The minimum atomic E-state index is 0.210. The van der Waals surface area contributed by atoms with Crippen molar-refractivity contribution in [3.63, 3.8) is 0 Å². The van der Waals surface area contributed by atoms with Crippen LogP contribution in [-0.2, 0) is 6.42 Å². The number of aryl methyl sites for hydroxylation is 1. The van der Waals surface area contributed by atoms with Gasteiger partial charge >= 0.3 is 0 Å². The van der Waals surface area contributed by atoms with Crippen LogP contribution in [0.25, 0.3) is 16.2 Å². The molecule has 2 nitrogen and oxygen atoms in total. The average molecular weight is 357 g/mol. The van der Waals surface area contributed by atoms with Crippen molar-refractivity contribution in [2.75, 3.05) is 6.54 Å². The summed E-state index contributed by atoms with van der Waals surface area (Å²) in [6.07, 6.45) is 5.65. The molecule has 0 spiro atoms. The maximum atomic E-state index is 3.70. The summed E-state index contributed by atoms with van der Waals surface area (Å²) in [5, 5.41) is 8.60. The van der Waals surface area contributed by atoms with Gasteiger partial charge in [0.05, 0.1) is 0 Å². The van der Waals surface area contributed by atoms with E-state index in [4.69, 9.17) is 0 Å². The Morgan fingerprint density at radius 3 is 2.44 bits per heavy atom. The molecule has 2 N–H and O–H groups in total. The second-order valence-electron chi connectivity index (χ2n) is 9.72. The molecule has 1 aliphatic rings. The minimum absolute atomic E-state index is 0.210. The SMILES string of the molecule is Cc1c(CC(C)(C)C)ccc2c3c(sc12)C(NCC(C)(C)C)NC=C3. The Morgan fingerprint density at radius 2 is 1.80 bits per heavy atom. The second-order valence-corrected chi connectivity index (χ2v) is 10.8. The van der Waals surface area contributed by atoms with Gasteiger partial charge in [0.2, 0.25) is 0 Å². The predicted molar refractivity (Wildman–Crippen MR) is 112 cm³/mol. The molecule has 25 heavy (non-hydrogen) atoms. The molecule has 0 radical (unpaired) electrons. The molecule has 1 aromatic carbocycles. The number of rotatable bonds is 3. The third-order valence-electron chi connectivity index (χ3n) is 4.62. The fourth-order valence-corrected chi connectivity index (χ4v) is 4.74. The van der Waals surface area contributed by atoms with Gasteiger partial charge in [-0.2, -0.15) is 0 Å². The summed E-state index contributed by atoms with van der Waals surface area (Å²) >= 11 is 1.95. The van der Waals surface area contributed by atoms with Crippen molar-refractivity contribution in [2.24, 2.45) is 10.8 Å². The predicted octanol–water partition coefficient (Wildman–Crippen LogP) is 6.01. The highest BCUT2D eigenvalue weighted by Crippen LogP contribution is 2.40. The summed E-state index contributed by atoms with van der Waals surface area (Å²) in [5.41, 5.74) is 4.91. The van der Waals surface area contributed by atoms with Gasteiger partial charge in [0.15, 0.2) is 0 Å². The lowest BCUT2D eigenvalue weighted by molar-refractivity contribution is 0.342. The van der Waals surface area contributed by atoms with E-state index in [0.717, 1.165) is 13.0 Å². The van der Waals surface area contributed by atoms with E-state index in [2.05, 4.69) is 83.5 Å². The highest BCUT2D eigenvalue weighted by molar-refractivity contribution is 7.19. The molecule has 1 atom stereocenters. The van der Waals surface area contributed by atoms with Crippen LogP contribution < -0.4 is 10.6 Å². The highest BCUT2D eigenvalue weighted by Gasteiger charge is 2.24. The van der Waals surface area contributed by atoms with Gasteiger partial charge in [0, 0.05) is 27.1 Å². The van der Waals surface area contributed by atoms with Crippen molar-refractivity contribution in [2.45, 2.75) is 61.1 Å². The molecule has 0 amide bonds. The lowest BCUT2D eigenvalue weighted by Crippen LogP contribution is -2.37. The molecule has 3 heteroatoms. The number of thiophene rings is 1. The van der Waals surface area contributed by atoms with Crippen LogP contribution in [0.4, 0.5) is 0 Å². The molecule has 1 aromatic heterocycles. The van der Waals surface area contributed by atoms with Gasteiger partial charge in [-0.05, 0) is 47.6 Å². The first-order valence-corrected chi connectivity index (χ1v) is 10.1. The zero-order valence-corrected chi connectivity index (χ0v) is 17.5. The fourth-order valence-electron chi connectivity index (χ4n) is 3.39. The normalized spacial score (nSPS) is 17.6. The Balaban J connectivity index is 1.99. The van der Waals surface area contributed by atoms with E-state index < -0.39 is 0 Å². The van der Waals surface area contributed by atoms with Crippen molar-refractivity contribution < 1.29 is 0 Å². The van der Waals surface area contributed by atoms with Gasteiger partial charge < -0.3 is 5.32 Å². The Labute approximate surface area is 156 Å². The molecule has 2 heterocycles. The summed E-state index contributed by atoms with van der Waals surface area (Å²) in [5.74, 6) is 0. The Kier molecular flexibility index (Phi) is 4.76. The van der Waals surface area contributed by atoms with Gasteiger partial charge in [-0.15, -0.1) is 11.3 Å². The van der Waals surface area contributed by atoms with E-state index in [1.807, 2.05) is 11.3 Å². The van der Waals surface area contributed by atoms with E-state index in [1.54, 1.807) is 0 Å². The fraction of sp³-hybridized carbons (Fsp3) is 0.545. The first-order valence-electron chi connectivity index (χ1n) is 9.26. The number of hydrogen-bond donors (Lipinski definition) is 2. The van der Waals surface area contributed by atoms with Gasteiger partial charge in [0.25, 0.3) is 0 Å². The van der Waals surface area contributed by atoms with Gasteiger partial charge in [-0.25, -0.2) is 0 Å². The molecule has 1 aliphatic heterocycles. The van der Waals surface area contributed by atoms with Crippen LogP contribution in [-0.4, -0.2) is 6.54 Å². The third-order valence-corrected chi connectivity index (χ3v) is 6.02. The van der Waals surface area contributed by atoms with Gasteiger partial charge in [-0.3, -0.25) is 5.32 Å². The smallest absolute Gasteiger partial charge is 0.113 e. The van der Waals surface area contributed by atoms with Crippen LogP contribution in [0.5, 0.6) is 0 Å². The molecule has 0 fully saturated rings. The van der Waals surface area contributed by atoms with Crippen molar-refractivity contribution >= 4 is 27.5 Å². The summed E-state index contributed by atoms with van der Waals surface area (Å²) in [6.45, 7) is 17.0. The standard InChI is InChI=1S/C22H32N2S/c1-14-15(12-21(2,3)4)8-9-16-17-10-11-23-20(19(17)25-18(14)16)24-13-22(5,6)7/h8-11,20,23-24H,12-13H2,1-7H3. The Hall–Kier alpha value is -1.32. The third kappa shape index (κ3) is 4.09. The van der Waals surface area contributed by atoms with E-state index in [9.17, 15) is 0 Å². The van der Waals surface area contributed by atoms with Crippen LogP contribution in [0.15, 0.2) is 18.3 Å². The average Bonchev–Trinajstić information content (AvgIpc) is 2.86. The van der Waals surface area contributed by atoms with E-state index in [-0.39, 0.29) is 11.6 Å². The monoisotopic (exact) mass is 356 g/mol. The Morgan fingerprint density at radius 1 is 1.08 bits per heavy atom. The van der Waals surface area contributed by atoms with Crippen molar-refractivity contribution in [3.05, 3.63) is 39.9 Å². The van der Waals surface area contributed by atoms with Crippen LogP contribution in [0, 0.1) is 17.8 Å². The molecule has 0 saturated heterocycles. The molecule has 1 unspecified atom stereocenters. The van der Waals surface area contributed by atoms with E-state index in [1.165, 1.54) is 31.7 Å². The molecular formula is C22H32N2S. The van der Waals surface area contributed by atoms with Crippen LogP contribution in [0.2, 0.25) is 0 Å². The molecule has 2 aromatic rings. The first kappa shape index (κ1) is 18.5. The summed E-state index contributed by atoms with van der Waals surface area (Å²) in [6, 6.07) is 4.67. The van der Waals surface area contributed by atoms with E-state index >= 15 is 0 Å². The van der Waals surface area contributed by atoms with Crippen molar-refractivity contribution in [1.29, 1.82) is 0 Å². The number of nitrogens with one attached hydrogen (secondary N) is 2. The van der Waals surface area contributed by atoms with Crippen molar-refractivity contribution in [1.82, 2.24) is 10.6 Å². The Bertz CT molecular complexity index is 800. The van der Waals surface area contributed by atoms with Crippen molar-refractivity contribution in [3.8, 4) is 0 Å². The largest absolute Gasteiger partial charge is 0.371 e. The molecule has 0 saturated carbocycles. The van der Waals surface area contributed by atoms with E-state index in [0.29, 0.717) is 5.41 Å². The molecular weight excluding hydrogens is 324 g/mol. The molecule has 0 aliphatic carbocycles. The number of fused-ring (bicyclic) bond motifs is 3. The quantitative estimate of drug-likeness (QED) is 0.704. The first-order chi connectivity index (χ1) is 11.6. The number of hydrogen-bond acceptors (Lipinski definition) is 3. The molecule has 3 rings (SSSR count). The zero-order chi connectivity index (χ0) is 18.4. The maximum Gasteiger partial charge on any atom is 0.113 e. The van der Waals surface area contributed by atoms with Crippen LogP contribution in [0.1, 0.15) is 69.3 Å². The van der Waals surface area contributed by atoms with Gasteiger partial charge in [-0.1, -0.05) is 53.7 Å². The topological polar surface area (TPSA) is 24.1 Å². The summed E-state index contributed by atoms with van der Waals surface area (Å²) in [7, 11) is 0. The summed E-state index contributed by atoms with van der Waals surface area (Å²) in [4.78, 5) is 1.41.